The number of nitrogens with zero attached hydrogens (tertiary/aromatic N) is 2. The van der Waals surface area contributed by atoms with E-state index in [0.717, 1.165) is 24.2 Å². The van der Waals surface area contributed by atoms with Gasteiger partial charge < -0.3 is 0 Å². The predicted octanol–water partition coefficient (Wildman–Crippen LogP) is 3.49. The summed E-state index contributed by atoms with van der Waals surface area (Å²) >= 11 is 1.07. The number of benzene rings is 2. The van der Waals surface area contributed by atoms with Gasteiger partial charge >= 0.3 is 0 Å². The Balaban J connectivity index is 1.47. The topological polar surface area (TPSA) is 125 Å². The second-order valence-electron chi connectivity index (χ2n) is 7.86. The number of rotatable bonds is 8. The minimum absolute atomic E-state index is 0.108. The monoisotopic (exact) mass is 532 g/mol. The first kappa shape index (κ1) is 25.0. The molecule has 12 heteroatoms. The van der Waals surface area contributed by atoms with Crippen molar-refractivity contribution in [1.29, 1.82) is 0 Å². The molecule has 0 bridgehead atoms. The predicted molar refractivity (Wildman–Crippen MR) is 136 cm³/mol. The fourth-order valence-corrected chi connectivity index (χ4v) is 7.18. The van der Waals surface area contributed by atoms with Gasteiger partial charge in [-0.3, -0.25) is 9.52 Å². The van der Waals surface area contributed by atoms with Crippen molar-refractivity contribution in [3.63, 3.8) is 0 Å². The van der Waals surface area contributed by atoms with Crippen molar-refractivity contribution in [3.8, 4) is 0 Å². The lowest BCUT2D eigenvalue weighted by molar-refractivity contribution is 0.0955. The molecule has 1 amide bonds. The van der Waals surface area contributed by atoms with Gasteiger partial charge in [0.05, 0.1) is 21.9 Å². The van der Waals surface area contributed by atoms with Crippen LogP contribution in [-0.4, -0.2) is 45.8 Å². The maximum atomic E-state index is 12.8. The molecule has 184 valence electrons. The van der Waals surface area contributed by atoms with Crippen LogP contribution in [0.5, 0.6) is 0 Å². The van der Waals surface area contributed by atoms with Gasteiger partial charge in [0.2, 0.25) is 10.0 Å². The van der Waals surface area contributed by atoms with Gasteiger partial charge in [-0.2, -0.15) is 9.41 Å². The lowest BCUT2D eigenvalue weighted by atomic mass is 10.1. The Morgan fingerprint density at radius 2 is 1.63 bits per heavy atom. The molecule has 2 heterocycles. The van der Waals surface area contributed by atoms with E-state index in [1.165, 1.54) is 34.6 Å². The van der Waals surface area contributed by atoms with Crippen molar-refractivity contribution in [2.24, 2.45) is 5.10 Å². The highest BCUT2D eigenvalue weighted by Gasteiger charge is 2.27. The Morgan fingerprint density at radius 3 is 2.29 bits per heavy atom. The zero-order chi connectivity index (χ0) is 25.1. The van der Waals surface area contributed by atoms with E-state index < -0.39 is 26.0 Å². The number of hydrazone groups is 1. The quantitative estimate of drug-likeness (QED) is 0.339. The Kier molecular flexibility index (Phi) is 7.36. The molecule has 0 saturated carbocycles. The van der Waals surface area contributed by atoms with Crippen LogP contribution in [0.1, 0.15) is 35.7 Å². The van der Waals surface area contributed by atoms with Crippen LogP contribution in [0, 0.1) is 0 Å². The van der Waals surface area contributed by atoms with Crippen molar-refractivity contribution < 1.29 is 21.6 Å². The summed E-state index contributed by atoms with van der Waals surface area (Å²) in [7, 11) is -7.33. The molecule has 1 saturated heterocycles. The molecule has 9 nitrogen and oxygen atoms in total. The zero-order valence-corrected chi connectivity index (χ0v) is 21.3. The summed E-state index contributed by atoms with van der Waals surface area (Å²) in [5.74, 6) is -0.595. The van der Waals surface area contributed by atoms with Crippen LogP contribution in [0.25, 0.3) is 0 Å². The van der Waals surface area contributed by atoms with Crippen LogP contribution in [0.4, 0.5) is 5.69 Å². The van der Waals surface area contributed by atoms with E-state index in [-0.39, 0.29) is 20.4 Å². The average Bonchev–Trinajstić information content (AvgIpc) is 3.58. The number of nitrogens with one attached hydrogen (secondary N) is 2. The molecular weight excluding hydrogens is 508 g/mol. The first-order valence-corrected chi connectivity index (χ1v) is 14.6. The molecule has 1 aliphatic rings. The number of carbonyl (C=O) groups excluding carboxylic acids is 1. The van der Waals surface area contributed by atoms with Crippen molar-refractivity contribution >= 4 is 48.7 Å². The van der Waals surface area contributed by atoms with Crippen LogP contribution >= 0.6 is 11.3 Å². The summed E-state index contributed by atoms with van der Waals surface area (Å²) in [6.07, 6.45) is 1.72. The van der Waals surface area contributed by atoms with E-state index in [2.05, 4.69) is 15.2 Å². The highest BCUT2D eigenvalue weighted by molar-refractivity contribution is 7.94. The zero-order valence-electron chi connectivity index (χ0n) is 18.8. The average molecular weight is 533 g/mol. The van der Waals surface area contributed by atoms with E-state index in [0.29, 0.717) is 24.4 Å². The van der Waals surface area contributed by atoms with Crippen molar-refractivity contribution in [1.82, 2.24) is 9.73 Å². The third kappa shape index (κ3) is 5.61. The third-order valence-electron chi connectivity index (χ3n) is 5.48. The Bertz CT molecular complexity index is 1440. The summed E-state index contributed by atoms with van der Waals surface area (Å²) in [6.45, 7) is 2.73. The molecule has 3 aromatic rings. The van der Waals surface area contributed by atoms with Crippen LogP contribution in [-0.2, 0) is 20.0 Å². The normalized spacial score (nSPS) is 15.2. The smallest absolute Gasteiger partial charge is 0.273 e. The number of anilines is 1. The molecule has 1 fully saturated rings. The second kappa shape index (κ2) is 10.3. The SMILES string of the molecule is C/C(=N\NC(=O)c1ccccc1NS(=O)(=O)c1cccs1)c1ccc(S(=O)(=O)N2CCCC2)cc1. The largest absolute Gasteiger partial charge is 0.278 e. The first-order chi connectivity index (χ1) is 16.7. The van der Waals surface area contributed by atoms with E-state index in [9.17, 15) is 21.6 Å². The number of sulfonamides is 2. The second-order valence-corrected chi connectivity index (χ2v) is 12.7. The van der Waals surface area contributed by atoms with Crippen molar-refractivity contribution in [2.45, 2.75) is 28.9 Å². The molecule has 0 unspecified atom stereocenters. The van der Waals surface area contributed by atoms with Gasteiger partial charge in [0.25, 0.3) is 15.9 Å². The third-order valence-corrected chi connectivity index (χ3v) is 10.2. The van der Waals surface area contributed by atoms with Gasteiger partial charge in [-0.05, 0) is 61.0 Å². The van der Waals surface area contributed by atoms with Crippen LogP contribution < -0.4 is 10.1 Å². The van der Waals surface area contributed by atoms with Gasteiger partial charge in [-0.1, -0.05) is 30.3 Å². The van der Waals surface area contributed by atoms with Gasteiger partial charge in [0.15, 0.2) is 0 Å². The van der Waals surface area contributed by atoms with E-state index >= 15 is 0 Å². The van der Waals surface area contributed by atoms with Gasteiger partial charge in [0.1, 0.15) is 4.21 Å². The Hall–Kier alpha value is -3.06. The van der Waals surface area contributed by atoms with E-state index in [1.54, 1.807) is 42.6 Å². The molecular formula is C23H24N4O5S3. The molecule has 1 aromatic heterocycles. The highest BCUT2D eigenvalue weighted by atomic mass is 32.2. The molecule has 35 heavy (non-hydrogen) atoms. The van der Waals surface area contributed by atoms with Gasteiger partial charge in [-0.25, -0.2) is 22.3 Å². The van der Waals surface area contributed by atoms with E-state index in [1.807, 2.05) is 0 Å². The lowest BCUT2D eigenvalue weighted by Gasteiger charge is -2.15. The lowest BCUT2D eigenvalue weighted by Crippen LogP contribution is -2.27. The fraction of sp³-hybridized carbons (Fsp3) is 0.217. The summed E-state index contributed by atoms with van der Waals surface area (Å²) < 4.78 is 54.6. The molecule has 2 aromatic carbocycles. The molecule has 0 spiro atoms. The molecule has 1 aliphatic heterocycles. The summed E-state index contributed by atoms with van der Waals surface area (Å²) in [5, 5.41) is 5.76. The molecule has 0 aliphatic carbocycles. The minimum Gasteiger partial charge on any atom is -0.278 e. The number of hydrogen-bond donors (Lipinski definition) is 2. The Labute approximate surface area is 208 Å². The minimum atomic E-state index is -3.82. The molecule has 4 rings (SSSR count). The van der Waals surface area contributed by atoms with Crippen molar-refractivity contribution in [2.75, 3.05) is 17.8 Å². The molecule has 2 N–H and O–H groups in total. The van der Waals surface area contributed by atoms with E-state index in [4.69, 9.17) is 0 Å². The van der Waals surface area contributed by atoms with Crippen molar-refractivity contribution in [3.05, 3.63) is 77.2 Å². The van der Waals surface area contributed by atoms with Crippen LogP contribution in [0.3, 0.4) is 0 Å². The number of amides is 1. The molecule has 0 atom stereocenters. The number of thiophene rings is 1. The number of hydrogen-bond acceptors (Lipinski definition) is 7. The summed E-state index contributed by atoms with van der Waals surface area (Å²) in [5.41, 5.74) is 3.77. The maximum absolute atomic E-state index is 12.8. The fourth-order valence-electron chi connectivity index (χ4n) is 3.59. The summed E-state index contributed by atoms with van der Waals surface area (Å²) in [6, 6.07) is 15.7. The number of carbonyl (C=O) groups is 1. The standard InChI is InChI=1S/C23H24N4O5S3/c1-17(18-10-12-19(13-11-18)35(31,32)27-14-4-5-15-27)24-25-23(28)20-7-2-3-8-21(20)26-34(29,30)22-9-6-16-33-22/h2-3,6-13,16,26H,4-5,14-15H2,1H3,(H,25,28)/b24-17+. The summed E-state index contributed by atoms with van der Waals surface area (Å²) in [4.78, 5) is 13.0. The van der Waals surface area contributed by atoms with Gasteiger partial charge in [0, 0.05) is 13.1 Å². The van der Waals surface area contributed by atoms with Crippen LogP contribution in [0.2, 0.25) is 0 Å². The van der Waals surface area contributed by atoms with Gasteiger partial charge in [-0.15, -0.1) is 11.3 Å². The molecule has 0 radical (unpaired) electrons. The maximum Gasteiger partial charge on any atom is 0.273 e. The Morgan fingerprint density at radius 1 is 0.943 bits per heavy atom. The van der Waals surface area contributed by atoms with Crippen LogP contribution in [0.15, 0.2) is 80.2 Å². The first-order valence-electron chi connectivity index (χ1n) is 10.8. The number of para-hydroxylation sites is 1. The highest BCUT2D eigenvalue weighted by Crippen LogP contribution is 2.23.